The van der Waals surface area contributed by atoms with Gasteiger partial charge in [0.2, 0.25) is 0 Å². The standard InChI is InChI=1S/C27H35FO7/c1-15(2)35-20-6-4-16-8-18(12-29)22(14-34-27-24(31)10-19(30)13-33-27)26(21(16)11-20)17-5-7-23(28)25(9-17)32-3/h4-7,9,11,15,18-19,22,24,26-27,29-31H,8,10,12-14H2,1-3H3/t18-,19+,22-,24-,26?,27+/m1/s1. The van der Waals surface area contributed by atoms with E-state index in [4.69, 9.17) is 18.9 Å². The second-order valence-corrected chi connectivity index (χ2v) is 9.70. The van der Waals surface area contributed by atoms with Gasteiger partial charge < -0.3 is 34.3 Å². The van der Waals surface area contributed by atoms with Crippen LogP contribution in [0.25, 0.3) is 0 Å². The number of halogens is 1. The monoisotopic (exact) mass is 490 g/mol. The zero-order valence-electron chi connectivity index (χ0n) is 20.4. The minimum absolute atomic E-state index is 0.00520. The highest BCUT2D eigenvalue weighted by Gasteiger charge is 2.40. The maximum absolute atomic E-state index is 14.3. The molecule has 0 radical (unpaired) electrons. The molecule has 2 aromatic carbocycles. The SMILES string of the molecule is COc1cc(C2c3cc(OC(C)C)ccc3C[C@H](CO)[C@H]2CO[C@@H]2OC[C@@H](O)C[C@H]2O)ccc1F. The largest absolute Gasteiger partial charge is 0.494 e. The molecule has 7 nitrogen and oxygen atoms in total. The number of benzene rings is 2. The number of fused-ring (bicyclic) bond motifs is 1. The fraction of sp³-hybridized carbons (Fsp3) is 0.556. The molecule has 0 aromatic heterocycles. The van der Waals surface area contributed by atoms with Crippen LogP contribution in [0.2, 0.25) is 0 Å². The van der Waals surface area contributed by atoms with Gasteiger partial charge >= 0.3 is 0 Å². The first-order valence-electron chi connectivity index (χ1n) is 12.1. The van der Waals surface area contributed by atoms with Gasteiger partial charge in [-0.15, -0.1) is 0 Å². The molecule has 4 rings (SSSR count). The van der Waals surface area contributed by atoms with Crippen LogP contribution in [0.4, 0.5) is 4.39 Å². The van der Waals surface area contributed by atoms with Crippen molar-refractivity contribution in [1.82, 2.24) is 0 Å². The Balaban J connectivity index is 1.72. The number of rotatable bonds is 8. The van der Waals surface area contributed by atoms with E-state index in [1.54, 1.807) is 12.1 Å². The van der Waals surface area contributed by atoms with Crippen molar-refractivity contribution in [3.05, 3.63) is 58.9 Å². The van der Waals surface area contributed by atoms with Crippen LogP contribution in [0.5, 0.6) is 11.5 Å². The van der Waals surface area contributed by atoms with Crippen LogP contribution in [-0.2, 0) is 15.9 Å². The van der Waals surface area contributed by atoms with E-state index in [9.17, 15) is 19.7 Å². The highest BCUT2D eigenvalue weighted by atomic mass is 19.1. The highest BCUT2D eigenvalue weighted by molar-refractivity contribution is 5.47. The predicted molar refractivity (Wildman–Crippen MR) is 127 cm³/mol. The first kappa shape index (κ1) is 25.9. The molecule has 3 N–H and O–H groups in total. The van der Waals surface area contributed by atoms with Crippen LogP contribution >= 0.6 is 0 Å². The number of methoxy groups -OCH3 is 1. The summed E-state index contributed by atoms with van der Waals surface area (Å²) in [6, 6.07) is 10.8. The summed E-state index contributed by atoms with van der Waals surface area (Å²) in [5.41, 5.74) is 2.94. The summed E-state index contributed by atoms with van der Waals surface area (Å²) in [4.78, 5) is 0. The average Bonchev–Trinajstić information content (AvgIpc) is 2.83. The minimum atomic E-state index is -0.947. The molecule has 6 atom stereocenters. The first-order valence-corrected chi connectivity index (χ1v) is 12.1. The number of hydrogen-bond donors (Lipinski definition) is 3. The molecule has 35 heavy (non-hydrogen) atoms. The van der Waals surface area contributed by atoms with E-state index >= 15 is 0 Å². The van der Waals surface area contributed by atoms with E-state index in [-0.39, 0.29) is 55.8 Å². The summed E-state index contributed by atoms with van der Waals surface area (Å²) in [6.45, 7) is 4.16. The van der Waals surface area contributed by atoms with E-state index in [1.807, 2.05) is 32.0 Å². The van der Waals surface area contributed by atoms with Crippen molar-refractivity contribution in [3.8, 4) is 11.5 Å². The molecular weight excluding hydrogens is 455 g/mol. The van der Waals surface area contributed by atoms with Gasteiger partial charge in [0.15, 0.2) is 17.9 Å². The quantitative estimate of drug-likeness (QED) is 0.523. The number of aliphatic hydroxyl groups is 3. The van der Waals surface area contributed by atoms with Gasteiger partial charge in [0, 0.05) is 18.9 Å². The van der Waals surface area contributed by atoms with Gasteiger partial charge in [-0.1, -0.05) is 12.1 Å². The Hall–Kier alpha value is -2.23. The van der Waals surface area contributed by atoms with E-state index in [0.29, 0.717) is 6.42 Å². The number of hydrogen-bond acceptors (Lipinski definition) is 7. The first-order chi connectivity index (χ1) is 16.8. The van der Waals surface area contributed by atoms with Crippen LogP contribution < -0.4 is 9.47 Å². The van der Waals surface area contributed by atoms with Gasteiger partial charge in [-0.25, -0.2) is 4.39 Å². The van der Waals surface area contributed by atoms with Crippen molar-refractivity contribution >= 4 is 0 Å². The van der Waals surface area contributed by atoms with E-state index in [2.05, 4.69) is 0 Å². The molecule has 0 amide bonds. The van der Waals surface area contributed by atoms with E-state index < -0.39 is 24.3 Å². The molecular formula is C27H35FO7. The molecule has 1 aliphatic carbocycles. The number of ether oxygens (including phenoxy) is 4. The molecule has 192 valence electrons. The molecule has 0 bridgehead atoms. The Morgan fingerprint density at radius 1 is 1.14 bits per heavy atom. The van der Waals surface area contributed by atoms with Gasteiger partial charge in [-0.2, -0.15) is 0 Å². The molecule has 1 heterocycles. The molecule has 1 aliphatic heterocycles. The third-order valence-corrected chi connectivity index (χ3v) is 6.84. The van der Waals surface area contributed by atoms with Crippen LogP contribution in [0.1, 0.15) is 42.9 Å². The van der Waals surface area contributed by atoms with Crippen molar-refractivity contribution in [2.75, 3.05) is 26.9 Å². The lowest BCUT2D eigenvalue weighted by molar-refractivity contribution is -0.241. The summed E-state index contributed by atoms with van der Waals surface area (Å²) in [6.07, 6.45) is -1.71. The molecule has 8 heteroatoms. The normalized spacial score (nSPS) is 28.6. The molecule has 2 aliphatic rings. The predicted octanol–water partition coefficient (Wildman–Crippen LogP) is 3.02. The van der Waals surface area contributed by atoms with Crippen LogP contribution in [0.3, 0.4) is 0 Å². The Morgan fingerprint density at radius 3 is 2.63 bits per heavy atom. The molecule has 1 saturated heterocycles. The van der Waals surface area contributed by atoms with Gasteiger partial charge in [-0.05, 0) is 73.1 Å². The Kier molecular flexibility index (Phi) is 8.29. The maximum Gasteiger partial charge on any atom is 0.183 e. The Labute approximate surface area is 205 Å². The summed E-state index contributed by atoms with van der Waals surface area (Å²) in [5, 5.41) is 30.4. The third kappa shape index (κ3) is 5.78. The summed E-state index contributed by atoms with van der Waals surface area (Å²) < 4.78 is 37.0. The molecule has 0 spiro atoms. The lowest BCUT2D eigenvalue weighted by atomic mass is 9.67. The third-order valence-electron chi connectivity index (χ3n) is 6.84. The van der Waals surface area contributed by atoms with Gasteiger partial charge in [0.25, 0.3) is 0 Å². The fourth-order valence-corrected chi connectivity index (χ4v) is 5.20. The maximum atomic E-state index is 14.3. The highest BCUT2D eigenvalue weighted by Crippen LogP contribution is 2.46. The Bertz CT molecular complexity index is 997. The summed E-state index contributed by atoms with van der Waals surface area (Å²) in [7, 11) is 1.43. The zero-order chi connectivity index (χ0) is 25.1. The summed E-state index contributed by atoms with van der Waals surface area (Å²) in [5.74, 6) is -0.142. The van der Waals surface area contributed by atoms with Gasteiger partial charge in [-0.3, -0.25) is 0 Å². The molecule has 1 unspecified atom stereocenters. The van der Waals surface area contributed by atoms with Crippen molar-refractivity contribution in [2.24, 2.45) is 11.8 Å². The second-order valence-electron chi connectivity index (χ2n) is 9.70. The van der Waals surface area contributed by atoms with E-state index in [0.717, 1.165) is 22.4 Å². The van der Waals surface area contributed by atoms with Crippen LogP contribution in [-0.4, -0.2) is 66.9 Å². The van der Waals surface area contributed by atoms with Crippen LogP contribution in [0, 0.1) is 17.7 Å². The van der Waals surface area contributed by atoms with Crippen LogP contribution in [0.15, 0.2) is 36.4 Å². The van der Waals surface area contributed by atoms with Crippen molar-refractivity contribution in [2.45, 2.75) is 57.2 Å². The van der Waals surface area contributed by atoms with Gasteiger partial charge in [0.1, 0.15) is 11.9 Å². The summed E-state index contributed by atoms with van der Waals surface area (Å²) >= 11 is 0. The number of aliphatic hydroxyl groups excluding tert-OH is 3. The zero-order valence-corrected chi connectivity index (χ0v) is 20.4. The molecule has 0 saturated carbocycles. The Morgan fingerprint density at radius 2 is 1.94 bits per heavy atom. The van der Waals surface area contributed by atoms with E-state index in [1.165, 1.54) is 13.2 Å². The fourth-order valence-electron chi connectivity index (χ4n) is 5.20. The topological polar surface area (TPSA) is 97.6 Å². The second kappa shape index (κ2) is 11.2. The smallest absolute Gasteiger partial charge is 0.183 e. The lowest BCUT2D eigenvalue weighted by Crippen LogP contribution is -2.44. The van der Waals surface area contributed by atoms with Crippen molar-refractivity contribution in [1.29, 1.82) is 0 Å². The molecule has 2 aromatic rings. The molecule has 1 fully saturated rings. The lowest BCUT2D eigenvalue weighted by Gasteiger charge is -2.41. The minimum Gasteiger partial charge on any atom is -0.494 e. The van der Waals surface area contributed by atoms with Crippen molar-refractivity contribution < 1.29 is 38.7 Å². The van der Waals surface area contributed by atoms with Gasteiger partial charge in [0.05, 0.1) is 32.5 Å². The average molecular weight is 491 g/mol. The van der Waals surface area contributed by atoms with Crippen molar-refractivity contribution in [3.63, 3.8) is 0 Å².